The van der Waals surface area contributed by atoms with Gasteiger partial charge in [-0.15, -0.1) is 0 Å². The average molecular weight is 406 g/mol. The average Bonchev–Trinajstić information content (AvgIpc) is 2.60. The fourth-order valence-electron chi connectivity index (χ4n) is 2.59. The SMILES string of the molecule is CC1(C)C(C#N)=C(SCC(=O)Nc2ccc(OC(F)F)cc2)NC(=O)[C@@H]1C#N. The van der Waals surface area contributed by atoms with Gasteiger partial charge in [0.2, 0.25) is 11.8 Å². The van der Waals surface area contributed by atoms with Gasteiger partial charge in [-0.25, -0.2) is 0 Å². The molecule has 1 aromatic carbocycles. The van der Waals surface area contributed by atoms with Crippen molar-refractivity contribution in [3.63, 3.8) is 0 Å². The van der Waals surface area contributed by atoms with Gasteiger partial charge in [0.1, 0.15) is 11.7 Å². The number of alkyl halides is 2. The van der Waals surface area contributed by atoms with Crippen molar-refractivity contribution in [1.82, 2.24) is 5.32 Å². The zero-order valence-corrected chi connectivity index (χ0v) is 15.8. The van der Waals surface area contributed by atoms with Crippen LogP contribution < -0.4 is 15.4 Å². The molecule has 2 amide bonds. The van der Waals surface area contributed by atoms with Crippen molar-refractivity contribution < 1.29 is 23.1 Å². The van der Waals surface area contributed by atoms with E-state index in [1.807, 2.05) is 12.1 Å². The second kappa shape index (κ2) is 8.72. The Balaban J connectivity index is 2.03. The van der Waals surface area contributed by atoms with Crippen LogP contribution in [0.2, 0.25) is 0 Å². The number of allylic oxidation sites excluding steroid dienone is 1. The Hall–Kier alpha value is -3.11. The van der Waals surface area contributed by atoms with Crippen LogP contribution in [0.1, 0.15) is 13.8 Å². The van der Waals surface area contributed by atoms with Crippen molar-refractivity contribution in [2.75, 3.05) is 11.1 Å². The molecular weight excluding hydrogens is 390 g/mol. The normalized spacial score (nSPS) is 18.1. The second-order valence-corrected chi connectivity index (χ2v) is 7.31. The number of nitrogens with zero attached hydrogens (tertiary/aromatic N) is 2. The van der Waals surface area contributed by atoms with E-state index in [-0.39, 0.29) is 22.1 Å². The lowest BCUT2D eigenvalue weighted by molar-refractivity contribution is -0.125. The molecule has 0 fully saturated rings. The van der Waals surface area contributed by atoms with Crippen molar-refractivity contribution in [3.05, 3.63) is 34.9 Å². The Morgan fingerprint density at radius 2 is 2.00 bits per heavy atom. The van der Waals surface area contributed by atoms with Gasteiger partial charge in [0.15, 0.2) is 0 Å². The van der Waals surface area contributed by atoms with E-state index in [1.165, 1.54) is 24.3 Å². The topological polar surface area (TPSA) is 115 Å². The quantitative estimate of drug-likeness (QED) is 0.750. The van der Waals surface area contributed by atoms with Crippen molar-refractivity contribution >= 4 is 29.3 Å². The number of anilines is 1. The van der Waals surface area contributed by atoms with Crippen LogP contribution in [0.15, 0.2) is 34.9 Å². The summed E-state index contributed by atoms with van der Waals surface area (Å²) in [6.07, 6.45) is 0. The molecule has 2 rings (SSSR count). The molecule has 0 aliphatic carbocycles. The molecule has 1 aliphatic heterocycles. The lowest BCUT2D eigenvalue weighted by Gasteiger charge is -2.34. The molecule has 0 aromatic heterocycles. The standard InChI is InChI=1S/C18H16F2N4O3S/c1-18(2)12(7-21)15(26)24-16(13(18)8-22)28-9-14(25)23-10-3-5-11(6-4-10)27-17(19)20/h3-6,12,17H,9H2,1-2H3,(H,23,25)(H,24,26)/t12-/m0/s1. The number of hydrogen-bond donors (Lipinski definition) is 2. The first-order chi connectivity index (χ1) is 13.2. The third-order valence-electron chi connectivity index (χ3n) is 4.04. The molecule has 0 radical (unpaired) electrons. The molecule has 0 saturated heterocycles. The summed E-state index contributed by atoms with van der Waals surface area (Å²) in [6, 6.07) is 9.30. The first kappa shape index (κ1) is 21.2. The Kier molecular flexibility index (Phi) is 6.60. The number of hydrogen-bond acceptors (Lipinski definition) is 6. The summed E-state index contributed by atoms with van der Waals surface area (Å²) >= 11 is 0.967. The predicted molar refractivity (Wildman–Crippen MR) is 97.8 cm³/mol. The molecular formula is C18H16F2N4O3S. The van der Waals surface area contributed by atoms with Crippen molar-refractivity contribution in [1.29, 1.82) is 10.5 Å². The molecule has 0 unspecified atom stereocenters. The summed E-state index contributed by atoms with van der Waals surface area (Å²) in [5, 5.41) is 23.9. The van der Waals surface area contributed by atoms with Crippen LogP contribution in [-0.4, -0.2) is 24.2 Å². The summed E-state index contributed by atoms with van der Waals surface area (Å²) < 4.78 is 28.5. The highest BCUT2D eigenvalue weighted by Crippen LogP contribution is 2.41. The predicted octanol–water partition coefficient (Wildman–Crippen LogP) is 2.99. The number of rotatable bonds is 6. The van der Waals surface area contributed by atoms with E-state index in [9.17, 15) is 28.9 Å². The maximum Gasteiger partial charge on any atom is 0.387 e. The highest BCUT2D eigenvalue weighted by Gasteiger charge is 2.44. The minimum Gasteiger partial charge on any atom is -0.435 e. The van der Waals surface area contributed by atoms with Crippen LogP contribution in [0.3, 0.4) is 0 Å². The van der Waals surface area contributed by atoms with Gasteiger partial charge in [0, 0.05) is 11.1 Å². The number of carbonyl (C=O) groups excluding carboxylic acids is 2. The number of carbonyl (C=O) groups is 2. The van der Waals surface area contributed by atoms with Gasteiger partial charge in [-0.1, -0.05) is 25.6 Å². The third kappa shape index (κ3) is 4.78. The van der Waals surface area contributed by atoms with Gasteiger partial charge in [-0.2, -0.15) is 19.3 Å². The molecule has 10 heteroatoms. The molecule has 0 bridgehead atoms. The molecule has 0 saturated carbocycles. The van der Waals surface area contributed by atoms with Crippen LogP contribution in [0.4, 0.5) is 14.5 Å². The fourth-order valence-corrected chi connectivity index (χ4v) is 3.56. The highest BCUT2D eigenvalue weighted by atomic mass is 32.2. The maximum absolute atomic E-state index is 12.1. The largest absolute Gasteiger partial charge is 0.435 e. The summed E-state index contributed by atoms with van der Waals surface area (Å²) in [4.78, 5) is 24.2. The molecule has 146 valence electrons. The van der Waals surface area contributed by atoms with Gasteiger partial charge in [-0.05, 0) is 24.3 Å². The van der Waals surface area contributed by atoms with E-state index in [1.54, 1.807) is 13.8 Å². The van der Waals surface area contributed by atoms with Crippen LogP contribution in [-0.2, 0) is 9.59 Å². The van der Waals surface area contributed by atoms with E-state index in [2.05, 4.69) is 15.4 Å². The maximum atomic E-state index is 12.1. The number of halogens is 2. The van der Waals surface area contributed by atoms with Gasteiger partial charge in [0.25, 0.3) is 0 Å². The van der Waals surface area contributed by atoms with E-state index in [4.69, 9.17) is 0 Å². The van der Waals surface area contributed by atoms with Crippen molar-refractivity contribution in [2.45, 2.75) is 20.5 Å². The first-order valence-corrected chi connectivity index (χ1v) is 9.00. The molecule has 28 heavy (non-hydrogen) atoms. The molecule has 2 N–H and O–H groups in total. The summed E-state index contributed by atoms with van der Waals surface area (Å²) in [7, 11) is 0. The van der Waals surface area contributed by atoms with Gasteiger partial charge < -0.3 is 15.4 Å². The van der Waals surface area contributed by atoms with Crippen molar-refractivity contribution in [3.8, 4) is 17.9 Å². The van der Waals surface area contributed by atoms with E-state index in [0.29, 0.717) is 5.69 Å². The Morgan fingerprint density at radius 3 is 2.54 bits per heavy atom. The Morgan fingerprint density at radius 1 is 1.36 bits per heavy atom. The number of ether oxygens (including phenoxy) is 1. The minimum absolute atomic E-state index is 0.0367. The van der Waals surface area contributed by atoms with Crippen LogP contribution in [0.5, 0.6) is 5.75 Å². The molecule has 1 aromatic rings. The number of thioether (sulfide) groups is 1. The molecule has 1 aliphatic rings. The molecule has 1 heterocycles. The van der Waals surface area contributed by atoms with E-state index in [0.717, 1.165) is 11.8 Å². The zero-order valence-electron chi connectivity index (χ0n) is 15.0. The van der Waals surface area contributed by atoms with Gasteiger partial charge in [0.05, 0.1) is 28.5 Å². The summed E-state index contributed by atoms with van der Waals surface area (Å²) in [6.45, 7) is 0.318. The van der Waals surface area contributed by atoms with Crippen LogP contribution >= 0.6 is 11.8 Å². The van der Waals surface area contributed by atoms with Gasteiger partial charge in [-0.3, -0.25) is 9.59 Å². The number of benzene rings is 1. The van der Waals surface area contributed by atoms with Crippen LogP contribution in [0.25, 0.3) is 0 Å². The smallest absolute Gasteiger partial charge is 0.387 e. The number of nitriles is 2. The minimum atomic E-state index is -2.94. The van der Waals surface area contributed by atoms with Crippen LogP contribution in [0, 0.1) is 34.0 Å². The second-order valence-electron chi connectivity index (χ2n) is 6.33. The molecule has 7 nitrogen and oxygen atoms in total. The highest BCUT2D eigenvalue weighted by molar-refractivity contribution is 8.03. The molecule has 0 spiro atoms. The van der Waals surface area contributed by atoms with Crippen molar-refractivity contribution in [2.24, 2.45) is 11.3 Å². The van der Waals surface area contributed by atoms with Gasteiger partial charge >= 0.3 is 6.61 Å². The Bertz CT molecular complexity index is 886. The number of nitrogens with one attached hydrogen (secondary N) is 2. The molecule has 1 atom stereocenters. The Labute approximate surface area is 164 Å². The van der Waals surface area contributed by atoms with E-state index >= 15 is 0 Å². The number of amides is 2. The van der Waals surface area contributed by atoms with E-state index < -0.39 is 29.8 Å². The lowest BCUT2D eigenvalue weighted by atomic mass is 9.72. The summed E-state index contributed by atoms with van der Waals surface area (Å²) in [5.41, 5.74) is -0.380. The fraction of sp³-hybridized carbons (Fsp3) is 0.333. The zero-order chi connectivity index (χ0) is 20.9. The first-order valence-electron chi connectivity index (χ1n) is 8.02. The third-order valence-corrected chi connectivity index (χ3v) is 5.05. The lowest BCUT2D eigenvalue weighted by Crippen LogP contribution is -2.44. The summed E-state index contributed by atoms with van der Waals surface area (Å²) in [5.74, 6) is -2.10. The monoisotopic (exact) mass is 406 g/mol.